The van der Waals surface area contributed by atoms with Gasteiger partial charge in [0.2, 0.25) is 0 Å². The van der Waals surface area contributed by atoms with Crippen LogP contribution in [0, 0.1) is 11.8 Å². The molecule has 2 aliphatic heterocycles. The van der Waals surface area contributed by atoms with Crippen molar-refractivity contribution >= 4 is 0 Å². The molecule has 2 fully saturated rings. The zero-order valence-corrected chi connectivity index (χ0v) is 8.39. The normalized spacial score (nSPS) is 59.0. The predicted octanol–water partition coefficient (Wildman–Crippen LogP) is 1.84. The van der Waals surface area contributed by atoms with Crippen molar-refractivity contribution in [3.05, 3.63) is 0 Å². The summed E-state index contributed by atoms with van der Waals surface area (Å²) >= 11 is 0. The highest BCUT2D eigenvalue weighted by Crippen LogP contribution is 2.51. The average Bonchev–Trinajstić information content (AvgIpc) is 2.39. The average molecular weight is 170 g/mol. The number of hydrogen-bond donors (Lipinski definition) is 0. The molecule has 0 spiro atoms. The Bertz CT molecular complexity index is 182. The van der Waals surface area contributed by atoms with Crippen molar-refractivity contribution in [2.45, 2.75) is 38.9 Å². The lowest BCUT2D eigenvalue weighted by Crippen LogP contribution is -2.48. The molecular formula is C10H18O2. The van der Waals surface area contributed by atoms with E-state index in [1.807, 2.05) is 0 Å². The summed E-state index contributed by atoms with van der Waals surface area (Å²) < 4.78 is 11.7. The van der Waals surface area contributed by atoms with Gasteiger partial charge in [-0.3, -0.25) is 0 Å². The molecule has 2 heteroatoms. The van der Waals surface area contributed by atoms with E-state index < -0.39 is 0 Å². The summed E-state index contributed by atoms with van der Waals surface area (Å²) in [6.07, 6.45) is 0. The summed E-state index contributed by atoms with van der Waals surface area (Å²) in [7, 11) is 0. The van der Waals surface area contributed by atoms with E-state index in [2.05, 4.69) is 27.7 Å². The van der Waals surface area contributed by atoms with Crippen LogP contribution in [-0.2, 0) is 9.47 Å². The van der Waals surface area contributed by atoms with Crippen LogP contribution in [0.15, 0.2) is 0 Å². The number of ether oxygens (including phenoxy) is 2. The molecular weight excluding hydrogens is 152 g/mol. The Morgan fingerprint density at radius 3 is 1.58 bits per heavy atom. The van der Waals surface area contributed by atoms with E-state index >= 15 is 0 Å². The molecule has 0 aliphatic carbocycles. The van der Waals surface area contributed by atoms with Gasteiger partial charge in [-0.15, -0.1) is 0 Å². The second-order valence-corrected chi connectivity index (χ2v) is 4.64. The second-order valence-electron chi connectivity index (χ2n) is 4.64. The van der Waals surface area contributed by atoms with Crippen LogP contribution in [0.1, 0.15) is 27.7 Å². The zero-order valence-electron chi connectivity index (χ0n) is 8.39. The molecule has 2 rings (SSSR count). The molecule has 0 saturated carbocycles. The molecule has 2 aliphatic rings. The lowest BCUT2D eigenvalue weighted by Gasteiger charge is -2.35. The minimum Gasteiger partial charge on any atom is -0.372 e. The van der Waals surface area contributed by atoms with Gasteiger partial charge in [-0.2, -0.15) is 0 Å². The minimum atomic E-state index is -0.0492. The molecule has 0 bridgehead atoms. The maximum Gasteiger partial charge on any atom is 0.0990 e. The van der Waals surface area contributed by atoms with E-state index in [9.17, 15) is 0 Å². The molecule has 2 saturated heterocycles. The van der Waals surface area contributed by atoms with E-state index in [1.165, 1.54) is 0 Å². The van der Waals surface area contributed by atoms with Crippen LogP contribution in [-0.4, -0.2) is 24.4 Å². The molecule has 0 N–H and O–H groups in total. The van der Waals surface area contributed by atoms with Gasteiger partial charge in [0, 0.05) is 11.8 Å². The Balaban J connectivity index is 2.37. The van der Waals surface area contributed by atoms with E-state index in [1.54, 1.807) is 0 Å². The topological polar surface area (TPSA) is 18.5 Å². The van der Waals surface area contributed by atoms with Crippen molar-refractivity contribution < 1.29 is 9.47 Å². The predicted molar refractivity (Wildman–Crippen MR) is 47.0 cm³/mol. The SMILES string of the molecule is CC1COC2(C)C(C)COC12C. The molecule has 12 heavy (non-hydrogen) atoms. The van der Waals surface area contributed by atoms with Gasteiger partial charge in [0.05, 0.1) is 24.4 Å². The van der Waals surface area contributed by atoms with Gasteiger partial charge in [0.15, 0.2) is 0 Å². The highest BCUT2D eigenvalue weighted by molar-refractivity contribution is 5.10. The molecule has 4 unspecified atom stereocenters. The maximum absolute atomic E-state index is 5.87. The third-order valence-corrected chi connectivity index (χ3v) is 4.13. The Morgan fingerprint density at radius 2 is 1.25 bits per heavy atom. The summed E-state index contributed by atoms with van der Waals surface area (Å²) in [5.74, 6) is 1.04. The molecule has 2 nitrogen and oxygen atoms in total. The Hall–Kier alpha value is -0.0800. The van der Waals surface area contributed by atoms with Crippen molar-refractivity contribution in [2.24, 2.45) is 11.8 Å². The molecule has 0 aromatic heterocycles. The van der Waals surface area contributed by atoms with Gasteiger partial charge in [-0.1, -0.05) is 13.8 Å². The van der Waals surface area contributed by atoms with E-state index in [0.29, 0.717) is 11.8 Å². The van der Waals surface area contributed by atoms with Crippen molar-refractivity contribution in [1.82, 2.24) is 0 Å². The number of hydrogen-bond acceptors (Lipinski definition) is 2. The summed E-state index contributed by atoms with van der Waals surface area (Å²) in [6, 6.07) is 0. The summed E-state index contributed by atoms with van der Waals surface area (Å²) in [5.41, 5.74) is -0.0984. The van der Waals surface area contributed by atoms with Crippen molar-refractivity contribution in [3.8, 4) is 0 Å². The third-order valence-electron chi connectivity index (χ3n) is 4.13. The second kappa shape index (κ2) is 2.24. The van der Waals surface area contributed by atoms with E-state index in [4.69, 9.17) is 9.47 Å². The lowest BCUT2D eigenvalue weighted by atomic mass is 9.76. The van der Waals surface area contributed by atoms with Gasteiger partial charge in [0.1, 0.15) is 0 Å². The smallest absolute Gasteiger partial charge is 0.0990 e. The summed E-state index contributed by atoms with van der Waals surface area (Å²) in [4.78, 5) is 0. The molecule has 2 heterocycles. The highest BCUT2D eigenvalue weighted by atomic mass is 16.6. The fraction of sp³-hybridized carbons (Fsp3) is 1.00. The van der Waals surface area contributed by atoms with Crippen LogP contribution in [0.2, 0.25) is 0 Å². The molecule has 0 radical (unpaired) electrons. The van der Waals surface area contributed by atoms with E-state index in [-0.39, 0.29) is 11.2 Å². The number of rotatable bonds is 0. The third kappa shape index (κ3) is 0.728. The fourth-order valence-corrected chi connectivity index (χ4v) is 2.46. The number of fused-ring (bicyclic) bond motifs is 1. The quantitative estimate of drug-likeness (QED) is 0.552. The van der Waals surface area contributed by atoms with Crippen LogP contribution in [0.5, 0.6) is 0 Å². The first-order chi connectivity index (χ1) is 5.51. The van der Waals surface area contributed by atoms with Gasteiger partial charge < -0.3 is 9.47 Å². The van der Waals surface area contributed by atoms with Crippen LogP contribution in [0.25, 0.3) is 0 Å². The Kier molecular flexibility index (Phi) is 1.59. The van der Waals surface area contributed by atoms with Gasteiger partial charge in [-0.25, -0.2) is 0 Å². The van der Waals surface area contributed by atoms with Gasteiger partial charge in [0.25, 0.3) is 0 Å². The minimum absolute atomic E-state index is 0.0492. The largest absolute Gasteiger partial charge is 0.372 e. The first kappa shape index (κ1) is 8.52. The van der Waals surface area contributed by atoms with Crippen LogP contribution in [0.3, 0.4) is 0 Å². The monoisotopic (exact) mass is 170 g/mol. The highest BCUT2D eigenvalue weighted by Gasteiger charge is 2.62. The van der Waals surface area contributed by atoms with Gasteiger partial charge in [-0.05, 0) is 13.8 Å². The van der Waals surface area contributed by atoms with Crippen LogP contribution >= 0.6 is 0 Å². The van der Waals surface area contributed by atoms with E-state index in [0.717, 1.165) is 13.2 Å². The van der Waals surface area contributed by atoms with Crippen LogP contribution in [0.4, 0.5) is 0 Å². The molecule has 0 amide bonds. The molecule has 70 valence electrons. The van der Waals surface area contributed by atoms with Gasteiger partial charge >= 0.3 is 0 Å². The lowest BCUT2D eigenvalue weighted by molar-refractivity contribution is -0.0810. The Labute approximate surface area is 74.2 Å². The summed E-state index contributed by atoms with van der Waals surface area (Å²) in [6.45, 7) is 10.5. The first-order valence-electron chi connectivity index (χ1n) is 4.78. The molecule has 0 aromatic carbocycles. The maximum atomic E-state index is 5.87. The van der Waals surface area contributed by atoms with Crippen LogP contribution < -0.4 is 0 Å². The Morgan fingerprint density at radius 1 is 0.917 bits per heavy atom. The first-order valence-corrected chi connectivity index (χ1v) is 4.78. The van der Waals surface area contributed by atoms with Crippen molar-refractivity contribution in [2.75, 3.05) is 13.2 Å². The van der Waals surface area contributed by atoms with Crippen molar-refractivity contribution in [3.63, 3.8) is 0 Å². The fourth-order valence-electron chi connectivity index (χ4n) is 2.46. The molecule has 0 aromatic rings. The van der Waals surface area contributed by atoms with Crippen molar-refractivity contribution in [1.29, 1.82) is 0 Å². The molecule has 4 atom stereocenters. The standard InChI is InChI=1S/C10H18O2/c1-7-5-11-10(4)8(2)6-12-9(7,10)3/h7-8H,5-6H2,1-4H3. The zero-order chi connectivity index (χ0) is 8.98. The summed E-state index contributed by atoms with van der Waals surface area (Å²) in [5, 5.41) is 0.